The number of nitrogens with zero attached hydrogens (tertiary/aromatic N) is 2. The first-order chi connectivity index (χ1) is 13.3. The summed E-state index contributed by atoms with van der Waals surface area (Å²) >= 11 is 1.24. The Kier molecular flexibility index (Phi) is 5.17. The van der Waals surface area contributed by atoms with E-state index in [4.69, 9.17) is 9.15 Å². The molecule has 0 saturated heterocycles. The summed E-state index contributed by atoms with van der Waals surface area (Å²) in [7, 11) is 1.52. The van der Waals surface area contributed by atoms with Crippen LogP contribution in [0.2, 0.25) is 0 Å². The van der Waals surface area contributed by atoms with Gasteiger partial charge in [-0.2, -0.15) is 10.5 Å². The average Bonchev–Trinajstić information content (AvgIpc) is 2.64. The van der Waals surface area contributed by atoms with Gasteiger partial charge < -0.3 is 14.5 Å². The van der Waals surface area contributed by atoms with Crippen molar-refractivity contribution in [3.05, 3.63) is 50.9 Å². The van der Waals surface area contributed by atoms with Crippen LogP contribution in [-0.2, 0) is 10.5 Å². The largest absolute Gasteiger partial charge is 0.497 e. The fourth-order valence-corrected chi connectivity index (χ4v) is 4.31. The van der Waals surface area contributed by atoms with Gasteiger partial charge in [0.1, 0.15) is 17.3 Å². The fraction of sp³-hybridized carbons (Fsp3) is 0.300. The molecule has 2 aromatic rings. The SMILES string of the molecule is COc1ccc2c(CSC3=C(C#N)C(C)(C)[C@@H](C#N)C(=O)N3)cc(=O)oc2c1. The van der Waals surface area contributed by atoms with Crippen molar-refractivity contribution in [1.82, 2.24) is 5.32 Å². The Balaban J connectivity index is 1.99. The number of benzene rings is 1. The van der Waals surface area contributed by atoms with Crippen LogP contribution in [0.25, 0.3) is 11.0 Å². The first-order valence-corrected chi connectivity index (χ1v) is 9.39. The summed E-state index contributed by atoms with van der Waals surface area (Å²) in [6.07, 6.45) is 0. The molecule has 1 atom stereocenters. The maximum absolute atomic E-state index is 12.3. The molecule has 1 amide bonds. The lowest BCUT2D eigenvalue weighted by molar-refractivity contribution is -0.125. The highest BCUT2D eigenvalue weighted by molar-refractivity contribution is 8.02. The van der Waals surface area contributed by atoms with Crippen LogP contribution in [0.3, 0.4) is 0 Å². The smallest absolute Gasteiger partial charge is 0.336 e. The summed E-state index contributed by atoms with van der Waals surface area (Å²) < 4.78 is 10.4. The van der Waals surface area contributed by atoms with Gasteiger partial charge in [-0.1, -0.05) is 13.8 Å². The van der Waals surface area contributed by atoms with E-state index < -0.39 is 22.9 Å². The van der Waals surface area contributed by atoms with E-state index in [1.165, 1.54) is 24.9 Å². The number of methoxy groups -OCH3 is 1. The number of carbonyl (C=O) groups is 1. The van der Waals surface area contributed by atoms with Gasteiger partial charge in [-0.3, -0.25) is 4.79 Å². The second-order valence-corrected chi connectivity index (χ2v) is 7.82. The van der Waals surface area contributed by atoms with E-state index in [1.807, 2.05) is 6.07 Å². The molecule has 0 bridgehead atoms. The first kappa shape index (κ1) is 19.5. The molecular formula is C20H17N3O4S. The summed E-state index contributed by atoms with van der Waals surface area (Å²) in [6, 6.07) is 10.7. The third-order valence-corrected chi connectivity index (χ3v) is 5.79. The Morgan fingerprint density at radius 3 is 2.68 bits per heavy atom. The Labute approximate surface area is 165 Å². The summed E-state index contributed by atoms with van der Waals surface area (Å²) in [5.41, 5.74) is 0.0490. The van der Waals surface area contributed by atoms with Gasteiger partial charge in [0, 0.05) is 28.7 Å². The third-order valence-electron chi connectivity index (χ3n) is 4.74. The monoisotopic (exact) mass is 395 g/mol. The Hall–Kier alpha value is -3.23. The third kappa shape index (κ3) is 3.35. The van der Waals surface area contributed by atoms with Crippen molar-refractivity contribution >= 4 is 28.6 Å². The molecule has 2 heterocycles. The molecule has 0 radical (unpaired) electrons. The highest BCUT2D eigenvalue weighted by atomic mass is 32.2. The molecule has 1 aromatic carbocycles. The van der Waals surface area contributed by atoms with Crippen LogP contribution < -0.4 is 15.7 Å². The fourth-order valence-electron chi connectivity index (χ4n) is 3.14. The molecule has 1 aliphatic heterocycles. The lowest BCUT2D eigenvalue weighted by Crippen LogP contribution is -2.44. The lowest BCUT2D eigenvalue weighted by atomic mass is 9.72. The molecule has 7 nitrogen and oxygen atoms in total. The second-order valence-electron chi connectivity index (χ2n) is 6.83. The van der Waals surface area contributed by atoms with Gasteiger partial charge in [-0.15, -0.1) is 11.8 Å². The molecule has 8 heteroatoms. The van der Waals surface area contributed by atoms with Gasteiger partial charge in [0.15, 0.2) is 0 Å². The van der Waals surface area contributed by atoms with Crippen LogP contribution in [0.1, 0.15) is 19.4 Å². The van der Waals surface area contributed by atoms with Gasteiger partial charge in [-0.25, -0.2) is 4.79 Å². The predicted octanol–water partition coefficient (Wildman–Crippen LogP) is 3.07. The molecule has 0 fully saturated rings. The van der Waals surface area contributed by atoms with E-state index in [2.05, 4.69) is 11.4 Å². The minimum absolute atomic E-state index is 0.336. The predicted molar refractivity (Wildman–Crippen MR) is 104 cm³/mol. The van der Waals surface area contributed by atoms with Crippen molar-refractivity contribution in [2.75, 3.05) is 7.11 Å². The maximum Gasteiger partial charge on any atom is 0.336 e. The summed E-state index contributed by atoms with van der Waals surface area (Å²) in [5, 5.41) is 22.7. The van der Waals surface area contributed by atoms with E-state index in [-0.39, 0.29) is 0 Å². The molecule has 0 aliphatic carbocycles. The van der Waals surface area contributed by atoms with E-state index in [1.54, 1.807) is 32.0 Å². The number of hydrogen-bond donors (Lipinski definition) is 1. The minimum Gasteiger partial charge on any atom is -0.497 e. The van der Waals surface area contributed by atoms with Gasteiger partial charge in [0.25, 0.3) is 0 Å². The summed E-state index contributed by atoms with van der Waals surface area (Å²) in [6.45, 7) is 3.41. The number of rotatable bonds is 4. The van der Waals surface area contributed by atoms with E-state index in [9.17, 15) is 20.1 Å². The molecule has 3 rings (SSSR count). The zero-order chi connectivity index (χ0) is 20.5. The Morgan fingerprint density at radius 1 is 1.29 bits per heavy atom. The Bertz CT molecular complexity index is 1130. The van der Waals surface area contributed by atoms with Crippen molar-refractivity contribution in [3.63, 3.8) is 0 Å². The van der Waals surface area contributed by atoms with E-state index in [0.29, 0.717) is 33.3 Å². The second kappa shape index (κ2) is 7.41. The van der Waals surface area contributed by atoms with Crippen LogP contribution in [0.4, 0.5) is 0 Å². The lowest BCUT2D eigenvalue weighted by Gasteiger charge is -2.34. The molecule has 0 unspecified atom stereocenters. The number of allylic oxidation sites excluding steroid dienone is 1. The number of carbonyl (C=O) groups excluding carboxylic acids is 1. The topological polar surface area (TPSA) is 116 Å². The van der Waals surface area contributed by atoms with Gasteiger partial charge >= 0.3 is 5.63 Å². The molecule has 0 saturated carbocycles. The van der Waals surface area contributed by atoms with Crippen molar-refractivity contribution in [2.24, 2.45) is 11.3 Å². The molecule has 142 valence electrons. The number of hydrogen-bond acceptors (Lipinski definition) is 7. The van der Waals surface area contributed by atoms with Crippen molar-refractivity contribution in [2.45, 2.75) is 19.6 Å². The Morgan fingerprint density at radius 2 is 2.04 bits per heavy atom. The van der Waals surface area contributed by atoms with Crippen LogP contribution in [0.5, 0.6) is 5.75 Å². The van der Waals surface area contributed by atoms with E-state index >= 15 is 0 Å². The summed E-state index contributed by atoms with van der Waals surface area (Å²) in [4.78, 5) is 24.2. The van der Waals surface area contributed by atoms with Crippen LogP contribution in [-0.4, -0.2) is 13.0 Å². The number of fused-ring (bicyclic) bond motifs is 1. The number of ether oxygens (including phenoxy) is 1. The molecule has 1 aromatic heterocycles. The quantitative estimate of drug-likeness (QED) is 0.791. The zero-order valence-electron chi connectivity index (χ0n) is 15.5. The van der Waals surface area contributed by atoms with Crippen molar-refractivity contribution < 1.29 is 13.9 Å². The molecule has 1 aliphatic rings. The molecule has 0 spiro atoms. The highest BCUT2D eigenvalue weighted by Gasteiger charge is 2.44. The number of nitriles is 2. The molecular weight excluding hydrogens is 378 g/mol. The van der Waals surface area contributed by atoms with Crippen molar-refractivity contribution in [1.29, 1.82) is 10.5 Å². The standard InChI is InChI=1S/C20H17N3O4S/c1-20(2)14(8-21)18(25)23-19(15(20)9-22)28-10-11-6-17(24)27-16-7-12(26-3)4-5-13(11)16/h4-7,14H,10H2,1-3H3,(H,23,25)/t14-/m0/s1. The molecule has 28 heavy (non-hydrogen) atoms. The van der Waals surface area contributed by atoms with Crippen molar-refractivity contribution in [3.8, 4) is 17.9 Å². The normalized spacial score (nSPS) is 18.3. The number of thioether (sulfide) groups is 1. The van der Waals surface area contributed by atoms with Gasteiger partial charge in [-0.05, 0) is 17.7 Å². The molecule has 1 N–H and O–H groups in total. The van der Waals surface area contributed by atoms with Gasteiger partial charge in [0.05, 0.1) is 29.9 Å². The number of nitrogens with one attached hydrogen (secondary N) is 1. The zero-order valence-corrected chi connectivity index (χ0v) is 16.3. The number of amides is 1. The van der Waals surface area contributed by atoms with Crippen LogP contribution in [0, 0.1) is 34.0 Å². The van der Waals surface area contributed by atoms with Crippen LogP contribution >= 0.6 is 11.8 Å². The van der Waals surface area contributed by atoms with E-state index in [0.717, 1.165) is 5.39 Å². The highest BCUT2D eigenvalue weighted by Crippen LogP contribution is 2.42. The van der Waals surface area contributed by atoms with Gasteiger partial charge in [0.2, 0.25) is 5.91 Å². The first-order valence-electron chi connectivity index (χ1n) is 8.40. The van der Waals surface area contributed by atoms with Crippen LogP contribution in [0.15, 0.2) is 44.1 Å². The average molecular weight is 395 g/mol. The summed E-state index contributed by atoms with van der Waals surface area (Å²) in [5.74, 6) is -0.471. The maximum atomic E-state index is 12.3. The minimum atomic E-state index is -0.941.